The zero-order valence-electron chi connectivity index (χ0n) is 12.8. The second kappa shape index (κ2) is 7.89. The molecule has 0 heterocycles. The van der Waals surface area contributed by atoms with Crippen LogP contribution in [0.3, 0.4) is 0 Å². The average Bonchev–Trinajstić information content (AvgIpc) is 2.48. The molecule has 0 amide bonds. The van der Waals surface area contributed by atoms with E-state index in [0.29, 0.717) is 0 Å². The maximum atomic E-state index is 2.36. The highest BCUT2D eigenvalue weighted by Crippen LogP contribution is 2.23. The minimum absolute atomic E-state index is 0.756. The van der Waals surface area contributed by atoms with Crippen LogP contribution >= 0.6 is 0 Å². The van der Waals surface area contributed by atoms with Gasteiger partial charge < -0.3 is 0 Å². The van der Waals surface area contributed by atoms with Gasteiger partial charge in [-0.2, -0.15) is 0 Å². The van der Waals surface area contributed by atoms with Crippen LogP contribution in [0.1, 0.15) is 37.8 Å². The first-order valence-electron chi connectivity index (χ1n) is 7.83. The molecule has 0 aliphatic heterocycles. The van der Waals surface area contributed by atoms with Crippen molar-refractivity contribution in [1.29, 1.82) is 0 Å². The molecule has 0 aliphatic carbocycles. The lowest BCUT2D eigenvalue weighted by Gasteiger charge is -2.21. The third-order valence-electron chi connectivity index (χ3n) is 4.17. The fourth-order valence-electron chi connectivity index (χ4n) is 2.80. The van der Waals surface area contributed by atoms with Crippen LogP contribution in [-0.2, 0) is 12.8 Å². The van der Waals surface area contributed by atoms with Crippen molar-refractivity contribution in [3.63, 3.8) is 0 Å². The molecule has 2 aromatic rings. The van der Waals surface area contributed by atoms with Gasteiger partial charge in [0.2, 0.25) is 0 Å². The summed E-state index contributed by atoms with van der Waals surface area (Å²) in [6, 6.07) is 21.8. The first-order chi connectivity index (χ1) is 9.75. The zero-order valence-corrected chi connectivity index (χ0v) is 12.8. The molecule has 0 heteroatoms. The summed E-state index contributed by atoms with van der Waals surface area (Å²) in [6.07, 6.45) is 5.04. The molecule has 0 saturated carbocycles. The highest BCUT2D eigenvalue weighted by Gasteiger charge is 2.13. The molecule has 0 fully saturated rings. The largest absolute Gasteiger partial charge is 0.0625 e. The smallest absolute Gasteiger partial charge is 0.0248 e. The van der Waals surface area contributed by atoms with E-state index >= 15 is 0 Å². The van der Waals surface area contributed by atoms with E-state index in [0.717, 1.165) is 11.8 Å². The van der Waals surface area contributed by atoms with Gasteiger partial charge in [-0.15, -0.1) is 0 Å². The van der Waals surface area contributed by atoms with E-state index in [1.54, 1.807) is 0 Å². The molecule has 0 bridgehead atoms. The van der Waals surface area contributed by atoms with Crippen LogP contribution in [-0.4, -0.2) is 0 Å². The fraction of sp³-hybridized carbons (Fsp3) is 0.400. The van der Waals surface area contributed by atoms with Crippen LogP contribution in [0.4, 0.5) is 0 Å². The predicted octanol–water partition coefficient (Wildman–Crippen LogP) is 5.52. The Morgan fingerprint density at radius 1 is 0.750 bits per heavy atom. The molecule has 106 valence electrons. The van der Waals surface area contributed by atoms with Crippen molar-refractivity contribution in [3.8, 4) is 0 Å². The van der Waals surface area contributed by atoms with Crippen LogP contribution in [0.2, 0.25) is 0 Å². The summed E-state index contributed by atoms with van der Waals surface area (Å²) < 4.78 is 0. The van der Waals surface area contributed by atoms with Gasteiger partial charge in [0.25, 0.3) is 0 Å². The summed E-state index contributed by atoms with van der Waals surface area (Å²) in [5, 5.41) is 0. The van der Waals surface area contributed by atoms with Crippen LogP contribution in [0.5, 0.6) is 0 Å². The minimum Gasteiger partial charge on any atom is -0.0625 e. The number of benzene rings is 2. The first kappa shape index (κ1) is 14.8. The van der Waals surface area contributed by atoms with E-state index < -0.39 is 0 Å². The van der Waals surface area contributed by atoms with Crippen LogP contribution < -0.4 is 0 Å². The second-order valence-electron chi connectivity index (χ2n) is 6.07. The van der Waals surface area contributed by atoms with Gasteiger partial charge in [0.15, 0.2) is 0 Å². The number of hydrogen-bond donors (Lipinski definition) is 0. The summed E-state index contributed by atoms with van der Waals surface area (Å²) in [5.41, 5.74) is 2.95. The summed E-state index contributed by atoms with van der Waals surface area (Å²) in [7, 11) is 0. The van der Waals surface area contributed by atoms with E-state index in [4.69, 9.17) is 0 Å². The summed E-state index contributed by atoms with van der Waals surface area (Å²) >= 11 is 0. The first-order valence-corrected chi connectivity index (χ1v) is 7.83. The summed E-state index contributed by atoms with van der Waals surface area (Å²) in [6.45, 7) is 4.71. The van der Waals surface area contributed by atoms with Gasteiger partial charge in [0.1, 0.15) is 0 Å². The molecule has 0 spiro atoms. The van der Waals surface area contributed by atoms with Gasteiger partial charge in [-0.25, -0.2) is 0 Å². The maximum Gasteiger partial charge on any atom is -0.0248 e. The molecule has 0 nitrogen and oxygen atoms in total. The Labute approximate surface area is 123 Å². The number of rotatable bonds is 7. The molecule has 0 radical (unpaired) electrons. The van der Waals surface area contributed by atoms with E-state index in [1.807, 2.05) is 0 Å². The normalized spacial score (nSPS) is 12.6. The molecule has 0 unspecified atom stereocenters. The Morgan fingerprint density at radius 2 is 1.30 bits per heavy atom. The molecule has 2 rings (SSSR count). The molecular formula is C20H26. The minimum atomic E-state index is 0.756. The third-order valence-corrected chi connectivity index (χ3v) is 4.17. The second-order valence-corrected chi connectivity index (χ2v) is 6.07. The molecular weight excluding hydrogens is 240 g/mol. The van der Waals surface area contributed by atoms with Crippen molar-refractivity contribution < 1.29 is 0 Å². The lowest BCUT2D eigenvalue weighted by atomic mass is 9.85. The maximum absolute atomic E-state index is 2.36. The Morgan fingerprint density at radius 3 is 1.85 bits per heavy atom. The number of aryl methyl sites for hydroxylation is 1. The molecule has 0 aliphatic rings. The molecule has 1 atom stereocenters. The summed E-state index contributed by atoms with van der Waals surface area (Å²) in [5.74, 6) is 1.55. The van der Waals surface area contributed by atoms with Gasteiger partial charge in [0, 0.05) is 0 Å². The van der Waals surface area contributed by atoms with Gasteiger partial charge in [0.05, 0.1) is 0 Å². The van der Waals surface area contributed by atoms with Crippen LogP contribution in [0.15, 0.2) is 60.7 Å². The lowest BCUT2D eigenvalue weighted by Crippen LogP contribution is -2.12. The van der Waals surface area contributed by atoms with E-state index in [1.165, 1.54) is 36.8 Å². The van der Waals surface area contributed by atoms with Crippen LogP contribution in [0.25, 0.3) is 0 Å². The lowest BCUT2D eigenvalue weighted by molar-refractivity contribution is 0.349. The highest BCUT2D eigenvalue weighted by molar-refractivity contribution is 5.16. The average molecular weight is 266 g/mol. The standard InChI is InChI=1S/C20H26/c1-17(2)20(16-19-12-7-4-8-13-19)15-9-14-18-10-5-3-6-11-18/h3-8,10-13,17,20H,9,14-16H2,1-2H3/t20-/m0/s1. The van der Waals surface area contributed by atoms with Crippen molar-refractivity contribution in [2.75, 3.05) is 0 Å². The van der Waals surface area contributed by atoms with Gasteiger partial charge in [-0.05, 0) is 48.6 Å². The van der Waals surface area contributed by atoms with Crippen LogP contribution in [0, 0.1) is 11.8 Å². The third kappa shape index (κ3) is 4.85. The van der Waals surface area contributed by atoms with Gasteiger partial charge in [-0.1, -0.05) is 74.5 Å². The Bertz CT molecular complexity index is 470. The zero-order chi connectivity index (χ0) is 14.2. The fourth-order valence-corrected chi connectivity index (χ4v) is 2.80. The molecule has 0 aromatic heterocycles. The Kier molecular flexibility index (Phi) is 5.86. The van der Waals surface area contributed by atoms with Crippen molar-refractivity contribution in [2.24, 2.45) is 11.8 Å². The topological polar surface area (TPSA) is 0 Å². The summed E-state index contributed by atoms with van der Waals surface area (Å²) in [4.78, 5) is 0. The van der Waals surface area contributed by atoms with Gasteiger partial charge >= 0.3 is 0 Å². The predicted molar refractivity (Wildman–Crippen MR) is 87.9 cm³/mol. The van der Waals surface area contributed by atoms with E-state index in [9.17, 15) is 0 Å². The van der Waals surface area contributed by atoms with Crippen molar-refractivity contribution >= 4 is 0 Å². The van der Waals surface area contributed by atoms with E-state index in [2.05, 4.69) is 74.5 Å². The number of hydrogen-bond acceptors (Lipinski definition) is 0. The monoisotopic (exact) mass is 266 g/mol. The van der Waals surface area contributed by atoms with Crippen molar-refractivity contribution in [3.05, 3.63) is 71.8 Å². The van der Waals surface area contributed by atoms with Crippen molar-refractivity contribution in [1.82, 2.24) is 0 Å². The molecule has 20 heavy (non-hydrogen) atoms. The molecule has 2 aromatic carbocycles. The van der Waals surface area contributed by atoms with Crippen molar-refractivity contribution in [2.45, 2.75) is 39.5 Å². The SMILES string of the molecule is CC(C)[C@@H](CCCc1ccccc1)Cc1ccccc1. The molecule has 0 N–H and O–H groups in total. The van der Waals surface area contributed by atoms with Gasteiger partial charge in [-0.3, -0.25) is 0 Å². The van der Waals surface area contributed by atoms with E-state index in [-0.39, 0.29) is 0 Å². The Hall–Kier alpha value is -1.56. The highest BCUT2D eigenvalue weighted by atomic mass is 14.2. The molecule has 0 saturated heterocycles. The quantitative estimate of drug-likeness (QED) is 0.618. The Balaban J connectivity index is 1.84.